The molecule has 1 aromatic heterocycles. The average Bonchev–Trinajstić information content (AvgIpc) is 3.19. The molecule has 6 rings (SSSR count). The van der Waals surface area contributed by atoms with E-state index in [1.807, 2.05) is 16.1 Å². The van der Waals surface area contributed by atoms with Gasteiger partial charge in [-0.25, -0.2) is 10.0 Å². The van der Waals surface area contributed by atoms with Gasteiger partial charge in [0.25, 0.3) is 11.8 Å². The van der Waals surface area contributed by atoms with Gasteiger partial charge < -0.3 is 21.3 Å². The number of fused-ring (bicyclic) bond motifs is 4. The van der Waals surface area contributed by atoms with Crippen LogP contribution in [0.3, 0.4) is 0 Å². The molecular formula is C23H27N7O2S. The van der Waals surface area contributed by atoms with Crippen LogP contribution in [0.1, 0.15) is 52.0 Å². The van der Waals surface area contributed by atoms with Gasteiger partial charge in [-0.1, -0.05) is 0 Å². The van der Waals surface area contributed by atoms with E-state index in [1.54, 1.807) is 12.1 Å². The monoisotopic (exact) mass is 465 g/mol. The summed E-state index contributed by atoms with van der Waals surface area (Å²) < 4.78 is 0. The van der Waals surface area contributed by atoms with Crippen LogP contribution in [0, 0.1) is 5.92 Å². The minimum atomic E-state index is -0.506. The zero-order valence-electron chi connectivity index (χ0n) is 18.5. The zero-order valence-corrected chi connectivity index (χ0v) is 19.3. The van der Waals surface area contributed by atoms with Gasteiger partial charge in [0.1, 0.15) is 5.84 Å². The number of amidine groups is 1. The number of hydrazone groups is 1. The van der Waals surface area contributed by atoms with E-state index >= 15 is 0 Å². The molecule has 1 saturated carbocycles. The van der Waals surface area contributed by atoms with Crippen LogP contribution in [0.4, 0.5) is 0 Å². The number of rotatable bonds is 2. The minimum Gasteiger partial charge on any atom is -0.365 e. The number of nitrogens with zero attached hydrogens (tertiary/aromatic N) is 5. The van der Waals surface area contributed by atoms with E-state index in [4.69, 9.17) is 21.6 Å². The van der Waals surface area contributed by atoms with Gasteiger partial charge in [-0.3, -0.25) is 9.59 Å². The highest BCUT2D eigenvalue weighted by molar-refractivity contribution is 7.15. The number of hydrogen-bond acceptors (Lipinski definition) is 8. The van der Waals surface area contributed by atoms with Gasteiger partial charge in [0.15, 0.2) is 5.82 Å². The van der Waals surface area contributed by atoms with Gasteiger partial charge in [-0.2, -0.15) is 5.10 Å². The maximum Gasteiger partial charge on any atom is 0.264 e. The Morgan fingerprint density at radius 2 is 2.03 bits per heavy atom. The predicted octanol–water partition coefficient (Wildman–Crippen LogP) is 1.70. The van der Waals surface area contributed by atoms with Crippen molar-refractivity contribution in [2.75, 3.05) is 19.6 Å². The number of aliphatic imine (C=N–C) groups is 1. The normalized spacial score (nSPS) is 30.3. The Morgan fingerprint density at radius 1 is 1.21 bits per heavy atom. The molecule has 1 spiro atoms. The van der Waals surface area contributed by atoms with E-state index in [2.05, 4.69) is 17.9 Å². The van der Waals surface area contributed by atoms with Gasteiger partial charge in [-0.05, 0) is 50.8 Å². The molecule has 1 unspecified atom stereocenters. The summed E-state index contributed by atoms with van der Waals surface area (Å²) >= 11 is 1.16. The largest absolute Gasteiger partial charge is 0.365 e. The summed E-state index contributed by atoms with van der Waals surface area (Å²) in [6.45, 7) is 4.46. The molecule has 2 saturated heterocycles. The smallest absolute Gasteiger partial charge is 0.264 e. The summed E-state index contributed by atoms with van der Waals surface area (Å²) in [6, 6.07) is 3.52. The summed E-state index contributed by atoms with van der Waals surface area (Å²) in [5.41, 5.74) is 13.2. The van der Waals surface area contributed by atoms with Crippen molar-refractivity contribution in [2.45, 2.75) is 44.2 Å². The van der Waals surface area contributed by atoms with Crippen LogP contribution >= 0.6 is 11.3 Å². The summed E-state index contributed by atoms with van der Waals surface area (Å²) in [4.78, 5) is 35.1. The molecular weight excluding hydrogens is 438 g/mol. The standard InChI is InChI=1S/C23H27N7O2S/c1-13-11-30-18(26-21(13)28-9-6-14(24)12-28)10-15-19(27-30)23(15)7-2-3-8-29(23)22(32)17-5-4-16(33-17)20(25)31/h4-5,10-11,14-15H,2-3,6-9,12,24H2,1H3,(H2,25,31)/t14-,15?,23+/m0/s1. The van der Waals surface area contributed by atoms with Crippen LogP contribution in [-0.2, 0) is 0 Å². The fourth-order valence-corrected chi connectivity index (χ4v) is 6.45. The lowest BCUT2D eigenvalue weighted by atomic mass is 9.97. The van der Waals surface area contributed by atoms with Crippen LogP contribution < -0.4 is 11.5 Å². The number of piperidine rings is 1. The molecule has 1 aromatic rings. The van der Waals surface area contributed by atoms with Gasteiger partial charge in [0, 0.05) is 37.4 Å². The number of carbonyl (C=O) groups is 2. The van der Waals surface area contributed by atoms with Crippen molar-refractivity contribution < 1.29 is 9.59 Å². The molecule has 9 nitrogen and oxygen atoms in total. The van der Waals surface area contributed by atoms with Crippen LogP contribution in [0.15, 0.2) is 45.9 Å². The van der Waals surface area contributed by atoms with Crippen molar-refractivity contribution in [2.24, 2.45) is 27.5 Å². The number of amides is 2. The second-order valence-electron chi connectivity index (χ2n) is 9.44. The minimum absolute atomic E-state index is 0.0531. The van der Waals surface area contributed by atoms with Gasteiger partial charge in [-0.15, -0.1) is 11.3 Å². The topological polar surface area (TPSA) is 121 Å². The van der Waals surface area contributed by atoms with Crippen LogP contribution in [0.5, 0.6) is 0 Å². The van der Waals surface area contributed by atoms with Crippen LogP contribution in [0.25, 0.3) is 0 Å². The highest BCUT2D eigenvalue weighted by Gasteiger charge is 2.68. The fraction of sp³-hybridized carbons (Fsp3) is 0.478. The van der Waals surface area contributed by atoms with E-state index < -0.39 is 11.4 Å². The summed E-state index contributed by atoms with van der Waals surface area (Å²) in [6.07, 6.45) is 8.05. The Balaban J connectivity index is 1.31. The summed E-state index contributed by atoms with van der Waals surface area (Å²) in [5.74, 6) is 1.29. The van der Waals surface area contributed by atoms with Crippen molar-refractivity contribution >= 4 is 34.7 Å². The van der Waals surface area contributed by atoms with Crippen molar-refractivity contribution in [3.05, 3.63) is 45.6 Å². The van der Waals surface area contributed by atoms with E-state index in [1.165, 1.54) is 0 Å². The van der Waals surface area contributed by atoms with E-state index in [0.717, 1.165) is 73.1 Å². The lowest BCUT2D eigenvalue weighted by Gasteiger charge is -2.35. The van der Waals surface area contributed by atoms with Gasteiger partial charge in [0.2, 0.25) is 0 Å². The maximum absolute atomic E-state index is 13.5. The molecule has 0 bridgehead atoms. The highest BCUT2D eigenvalue weighted by atomic mass is 32.1. The lowest BCUT2D eigenvalue weighted by molar-refractivity contribution is 0.0592. The molecule has 2 amide bonds. The van der Waals surface area contributed by atoms with E-state index in [9.17, 15) is 9.59 Å². The number of hydrogen-bond donors (Lipinski definition) is 2. The Labute approximate surface area is 196 Å². The molecule has 1 aliphatic carbocycles. The molecule has 10 heteroatoms. The Morgan fingerprint density at radius 3 is 2.76 bits per heavy atom. The number of thiophene rings is 1. The highest BCUT2D eigenvalue weighted by Crippen LogP contribution is 2.55. The summed E-state index contributed by atoms with van der Waals surface area (Å²) in [5, 5.41) is 6.78. The Kier molecular flexibility index (Phi) is 4.54. The first-order valence-electron chi connectivity index (χ1n) is 11.5. The number of carbonyl (C=O) groups excluding carboxylic acids is 2. The van der Waals surface area contributed by atoms with Gasteiger partial charge in [0.05, 0.1) is 26.9 Å². The average molecular weight is 466 g/mol. The molecule has 4 aliphatic heterocycles. The molecule has 0 radical (unpaired) electrons. The second-order valence-corrected chi connectivity index (χ2v) is 10.5. The molecule has 3 atom stereocenters. The van der Waals surface area contributed by atoms with E-state index in [-0.39, 0.29) is 17.9 Å². The van der Waals surface area contributed by atoms with Crippen molar-refractivity contribution in [3.63, 3.8) is 0 Å². The van der Waals surface area contributed by atoms with E-state index in [0.29, 0.717) is 16.3 Å². The van der Waals surface area contributed by atoms with Crippen molar-refractivity contribution in [1.82, 2.24) is 14.8 Å². The number of nitrogens with two attached hydrogens (primary N) is 2. The molecule has 5 aliphatic rings. The van der Waals surface area contributed by atoms with Crippen molar-refractivity contribution in [1.29, 1.82) is 0 Å². The number of likely N-dealkylation sites (tertiary alicyclic amines) is 2. The maximum atomic E-state index is 13.5. The Hall–Kier alpha value is -2.98. The van der Waals surface area contributed by atoms with Crippen molar-refractivity contribution in [3.8, 4) is 0 Å². The molecule has 33 heavy (non-hydrogen) atoms. The Bertz CT molecular complexity index is 1180. The fourth-order valence-electron chi connectivity index (χ4n) is 5.64. The molecule has 172 valence electrons. The first-order chi connectivity index (χ1) is 15.9. The van der Waals surface area contributed by atoms with Crippen LogP contribution in [0.2, 0.25) is 0 Å². The van der Waals surface area contributed by atoms with Gasteiger partial charge >= 0.3 is 0 Å². The third-order valence-corrected chi connectivity index (χ3v) is 8.41. The molecule has 3 fully saturated rings. The third-order valence-electron chi connectivity index (χ3n) is 7.32. The lowest BCUT2D eigenvalue weighted by Crippen LogP contribution is -2.47. The number of primary amides is 1. The SMILES string of the molecule is CC1=CN2N=C3C(C=C2N=C1N1CC[C@H](N)C1)[C@]31CCCCN1C(=O)c1ccc(C(N)=O)s1. The first kappa shape index (κ1) is 20.6. The first-order valence-corrected chi connectivity index (χ1v) is 12.3. The predicted molar refractivity (Wildman–Crippen MR) is 127 cm³/mol. The van der Waals surface area contributed by atoms with Crippen LogP contribution in [-0.4, -0.2) is 69.4 Å². The molecule has 4 N–H and O–H groups in total. The second kappa shape index (κ2) is 7.26. The molecule has 0 aromatic carbocycles. The quantitative estimate of drug-likeness (QED) is 0.689. The zero-order chi connectivity index (χ0) is 22.9. The molecule has 5 heterocycles. The summed E-state index contributed by atoms with van der Waals surface area (Å²) in [7, 11) is 0. The third kappa shape index (κ3) is 3.07.